The van der Waals surface area contributed by atoms with Crippen molar-refractivity contribution in [1.82, 2.24) is 4.98 Å². The summed E-state index contributed by atoms with van der Waals surface area (Å²) < 4.78 is 31.9. The molecule has 1 saturated carbocycles. The lowest BCUT2D eigenvalue weighted by atomic mass is 10.1. The Kier molecular flexibility index (Phi) is 4.95. The summed E-state index contributed by atoms with van der Waals surface area (Å²) in [6.45, 7) is 0. The third kappa shape index (κ3) is 4.28. The Morgan fingerprint density at radius 1 is 1.21 bits per heavy atom. The molecule has 0 saturated heterocycles. The Morgan fingerprint density at radius 2 is 1.96 bits per heavy atom. The fraction of sp³-hybridized carbons (Fsp3) is 0.200. The zero-order valence-electron chi connectivity index (χ0n) is 15.0. The van der Waals surface area contributed by atoms with Crippen molar-refractivity contribution in [2.75, 3.05) is 17.3 Å². The number of ether oxygens (including phenoxy) is 1. The second-order valence-electron chi connectivity index (χ2n) is 6.55. The van der Waals surface area contributed by atoms with E-state index in [-0.39, 0.29) is 11.8 Å². The lowest BCUT2D eigenvalue weighted by Crippen LogP contribution is -2.31. The van der Waals surface area contributed by atoms with Gasteiger partial charge in [-0.15, -0.1) is 0 Å². The first-order valence-corrected chi connectivity index (χ1v) is 9.54. The first-order valence-electron chi connectivity index (χ1n) is 8.72. The highest BCUT2D eigenvalue weighted by Gasteiger charge is 2.24. The van der Waals surface area contributed by atoms with E-state index in [1.807, 2.05) is 18.2 Å². The second kappa shape index (κ2) is 7.55. The molecule has 2 aromatic carbocycles. The Labute approximate surface area is 164 Å². The van der Waals surface area contributed by atoms with Crippen molar-refractivity contribution in [3.05, 3.63) is 65.9 Å². The molecule has 0 atom stereocenters. The molecule has 1 heterocycles. The van der Waals surface area contributed by atoms with Crippen LogP contribution in [0.15, 0.2) is 48.7 Å². The number of amides is 2. The molecule has 144 valence electrons. The van der Waals surface area contributed by atoms with Crippen LogP contribution in [0.25, 0.3) is 0 Å². The highest BCUT2D eigenvalue weighted by atomic mass is 32.1. The summed E-state index contributed by atoms with van der Waals surface area (Å²) in [5.41, 5.74) is 2.04. The van der Waals surface area contributed by atoms with Crippen LogP contribution in [0.4, 0.5) is 24.4 Å². The van der Waals surface area contributed by atoms with Gasteiger partial charge in [-0.3, -0.25) is 10.2 Å². The zero-order valence-corrected chi connectivity index (χ0v) is 15.8. The Morgan fingerprint density at radius 3 is 2.68 bits per heavy atom. The number of nitrogens with zero attached hydrogens (tertiary/aromatic N) is 2. The van der Waals surface area contributed by atoms with Crippen molar-refractivity contribution >= 4 is 28.2 Å². The number of hydrogen-bond acceptors (Lipinski definition) is 4. The van der Waals surface area contributed by atoms with Gasteiger partial charge in [0.1, 0.15) is 17.4 Å². The van der Waals surface area contributed by atoms with Crippen molar-refractivity contribution in [3.8, 4) is 10.8 Å². The van der Waals surface area contributed by atoms with Crippen LogP contribution in [0.3, 0.4) is 0 Å². The number of carbonyl (C=O) groups is 1. The number of halogens is 2. The van der Waals surface area contributed by atoms with Gasteiger partial charge in [-0.05, 0) is 36.5 Å². The first-order chi connectivity index (χ1) is 13.5. The van der Waals surface area contributed by atoms with Crippen LogP contribution in [0.2, 0.25) is 0 Å². The van der Waals surface area contributed by atoms with Crippen LogP contribution in [0, 0.1) is 11.6 Å². The summed E-state index contributed by atoms with van der Waals surface area (Å²) >= 11 is 1.06. The van der Waals surface area contributed by atoms with Gasteiger partial charge in [0, 0.05) is 30.9 Å². The molecule has 1 aromatic heterocycles. The molecule has 28 heavy (non-hydrogen) atoms. The number of hydrogen-bond donors (Lipinski definition) is 1. The van der Waals surface area contributed by atoms with Gasteiger partial charge in [-0.2, -0.15) is 0 Å². The smallest absolute Gasteiger partial charge is 0.327 e. The largest absolute Gasteiger partial charge is 0.445 e. The Hall–Kier alpha value is -3.00. The van der Waals surface area contributed by atoms with Gasteiger partial charge >= 0.3 is 6.03 Å². The molecule has 8 heteroatoms. The maximum atomic E-state index is 13.2. The summed E-state index contributed by atoms with van der Waals surface area (Å²) in [7, 11) is 1.68. The number of nitrogens with one attached hydrogen (secondary N) is 1. The molecule has 0 radical (unpaired) electrons. The number of thiazole rings is 1. The third-order valence-corrected chi connectivity index (χ3v) is 5.15. The van der Waals surface area contributed by atoms with E-state index in [4.69, 9.17) is 4.74 Å². The van der Waals surface area contributed by atoms with E-state index < -0.39 is 11.6 Å². The molecule has 1 N–H and O–H groups in total. The zero-order chi connectivity index (χ0) is 19.7. The van der Waals surface area contributed by atoms with Gasteiger partial charge in [-0.1, -0.05) is 23.5 Å². The highest BCUT2D eigenvalue weighted by molar-refractivity contribution is 7.17. The Bertz CT molecular complexity index is 1000. The summed E-state index contributed by atoms with van der Waals surface area (Å²) in [4.78, 5) is 18.1. The predicted octanol–water partition coefficient (Wildman–Crippen LogP) is 5.76. The van der Waals surface area contributed by atoms with Gasteiger partial charge in [-0.25, -0.2) is 18.6 Å². The minimum absolute atomic E-state index is 0.0213. The Balaban J connectivity index is 1.41. The van der Waals surface area contributed by atoms with Crippen LogP contribution in [0.1, 0.15) is 24.3 Å². The second-order valence-corrected chi connectivity index (χ2v) is 7.54. The number of benzene rings is 2. The standard InChI is InChI=1S/C20H17F2N3O2S/c1-25(16-4-2-3-13(7-16)12-5-6-12)20(26)24-19-23-11-18(28-19)27-17-9-14(21)8-15(22)10-17/h2-4,7-12H,5-6H2,1H3,(H,23,24,26). The van der Waals surface area contributed by atoms with Gasteiger partial charge < -0.3 is 4.74 Å². The van der Waals surface area contributed by atoms with E-state index in [2.05, 4.69) is 16.4 Å². The number of urea groups is 1. The quantitative estimate of drug-likeness (QED) is 0.591. The topological polar surface area (TPSA) is 54.5 Å². The van der Waals surface area contributed by atoms with Crippen LogP contribution in [0.5, 0.6) is 10.8 Å². The third-order valence-electron chi connectivity index (χ3n) is 4.36. The molecule has 1 aliphatic carbocycles. The summed E-state index contributed by atoms with van der Waals surface area (Å²) in [5.74, 6) is -0.845. The van der Waals surface area contributed by atoms with Crippen molar-refractivity contribution in [3.63, 3.8) is 0 Å². The average molecular weight is 401 g/mol. The fourth-order valence-corrected chi connectivity index (χ4v) is 3.44. The first kappa shape index (κ1) is 18.4. The summed E-state index contributed by atoms with van der Waals surface area (Å²) in [6.07, 6.45) is 3.77. The van der Waals surface area contributed by atoms with Gasteiger partial charge in [0.2, 0.25) is 5.06 Å². The van der Waals surface area contributed by atoms with Crippen molar-refractivity contribution < 1.29 is 18.3 Å². The molecule has 0 spiro atoms. The predicted molar refractivity (Wildman–Crippen MR) is 104 cm³/mol. The van der Waals surface area contributed by atoms with Gasteiger partial charge in [0.05, 0.1) is 6.20 Å². The maximum Gasteiger partial charge on any atom is 0.327 e. The van der Waals surface area contributed by atoms with E-state index in [9.17, 15) is 13.6 Å². The SMILES string of the molecule is CN(C(=O)Nc1ncc(Oc2cc(F)cc(F)c2)s1)c1cccc(C2CC2)c1. The lowest BCUT2D eigenvalue weighted by Gasteiger charge is -2.18. The summed E-state index contributed by atoms with van der Waals surface area (Å²) in [5, 5.41) is 3.33. The average Bonchev–Trinajstić information content (AvgIpc) is 3.42. The number of aromatic nitrogens is 1. The maximum absolute atomic E-state index is 13.2. The molecule has 0 bridgehead atoms. The molecule has 0 unspecified atom stereocenters. The van der Waals surface area contributed by atoms with Crippen LogP contribution >= 0.6 is 11.3 Å². The van der Waals surface area contributed by atoms with Gasteiger partial charge in [0.15, 0.2) is 5.13 Å². The monoisotopic (exact) mass is 401 g/mol. The molecular formula is C20H17F2N3O2S. The molecular weight excluding hydrogens is 384 g/mol. The van der Waals surface area contributed by atoms with E-state index in [0.717, 1.165) is 35.2 Å². The molecule has 0 aliphatic heterocycles. The van der Waals surface area contributed by atoms with E-state index >= 15 is 0 Å². The lowest BCUT2D eigenvalue weighted by molar-refractivity contribution is 0.258. The molecule has 1 aliphatic rings. The van der Waals surface area contributed by atoms with Crippen LogP contribution in [-0.4, -0.2) is 18.1 Å². The fourth-order valence-electron chi connectivity index (χ4n) is 2.76. The van der Waals surface area contributed by atoms with E-state index in [1.165, 1.54) is 29.5 Å². The molecule has 1 fully saturated rings. The summed E-state index contributed by atoms with van der Waals surface area (Å²) in [6, 6.07) is 10.5. The van der Waals surface area contributed by atoms with Gasteiger partial charge in [0.25, 0.3) is 0 Å². The normalized spacial score (nSPS) is 13.2. The van der Waals surface area contributed by atoms with Crippen molar-refractivity contribution in [2.24, 2.45) is 0 Å². The van der Waals surface area contributed by atoms with Crippen molar-refractivity contribution in [2.45, 2.75) is 18.8 Å². The number of anilines is 2. The minimum atomic E-state index is -0.733. The molecule has 2 amide bonds. The number of rotatable bonds is 5. The molecule has 4 rings (SSSR count). The number of carbonyl (C=O) groups excluding carboxylic acids is 1. The molecule has 3 aromatic rings. The van der Waals surface area contributed by atoms with Crippen LogP contribution < -0.4 is 15.0 Å². The molecule has 5 nitrogen and oxygen atoms in total. The highest BCUT2D eigenvalue weighted by Crippen LogP contribution is 2.41. The minimum Gasteiger partial charge on any atom is -0.445 e. The van der Waals surface area contributed by atoms with Crippen molar-refractivity contribution in [1.29, 1.82) is 0 Å². The van der Waals surface area contributed by atoms with E-state index in [1.54, 1.807) is 7.05 Å². The van der Waals surface area contributed by atoms with E-state index in [0.29, 0.717) is 16.1 Å². The van der Waals surface area contributed by atoms with Crippen LogP contribution in [-0.2, 0) is 0 Å².